The Hall–Kier alpha value is -6.34. The van der Waals surface area contributed by atoms with E-state index in [1.54, 1.807) is 59.5 Å². The highest BCUT2D eigenvalue weighted by molar-refractivity contribution is 6.03. The lowest BCUT2D eigenvalue weighted by Crippen LogP contribution is -2.70. The maximum atomic E-state index is 15.2. The Morgan fingerprint density at radius 1 is 0.941 bits per heavy atom. The lowest BCUT2D eigenvalue weighted by molar-refractivity contribution is -0.254. The standard InChI is InChI=1S/C54H61N3O11/c1-3-27-65-54-50(57(23-28-64-29-26-60)53(62)39-17-15-37(34-55)16-18-39)33-47(56-66-36-38-11-5-4-6-12-38)45-31-40(13-7-9-24-58)44(14-8-10-25-59)51(52(45)54)46-32-43(20-22-49(46)68-54)67-42-19-21-48(63-2)41(30-42)35-61/h3-6,11-12,15-22,30-32,35,40,44,50-52,58-60H,1,7-10,13-14,23-29,33,36H2,2H3/t40-,44+,50-,51+,52+,54+/m0/s1. The molecular weight excluding hydrogens is 867 g/mol. The number of nitriles is 1. The van der Waals surface area contributed by atoms with Crippen LogP contribution in [0.5, 0.6) is 23.0 Å². The number of aliphatic hydroxyl groups excluding tert-OH is 3. The summed E-state index contributed by atoms with van der Waals surface area (Å²) >= 11 is 0. The molecule has 0 spiro atoms. The summed E-state index contributed by atoms with van der Waals surface area (Å²) in [5.74, 6) is -1.04. The minimum atomic E-state index is -1.56. The zero-order valence-electron chi connectivity index (χ0n) is 38.5. The van der Waals surface area contributed by atoms with Gasteiger partial charge in [0.05, 0.1) is 62.4 Å². The normalized spacial score (nSPS) is 21.8. The number of carbonyl (C=O) groups excluding carboxylic acids is 2. The molecule has 1 aliphatic heterocycles. The molecule has 14 heteroatoms. The third-order valence-corrected chi connectivity index (χ3v) is 13.1. The van der Waals surface area contributed by atoms with E-state index < -0.39 is 17.7 Å². The van der Waals surface area contributed by atoms with Crippen LogP contribution in [0.4, 0.5) is 0 Å². The number of unbranched alkanes of at least 4 members (excludes halogenated alkanes) is 2. The molecule has 4 aromatic rings. The van der Waals surface area contributed by atoms with Crippen molar-refractivity contribution in [3.8, 4) is 29.1 Å². The Morgan fingerprint density at radius 2 is 1.69 bits per heavy atom. The van der Waals surface area contributed by atoms with Gasteiger partial charge in [0.25, 0.3) is 5.91 Å². The van der Waals surface area contributed by atoms with Crippen molar-refractivity contribution in [3.63, 3.8) is 0 Å². The lowest BCUT2D eigenvalue weighted by Gasteiger charge is -2.60. The van der Waals surface area contributed by atoms with Gasteiger partial charge in [0.1, 0.15) is 35.6 Å². The summed E-state index contributed by atoms with van der Waals surface area (Å²) in [7, 11) is 1.50. The summed E-state index contributed by atoms with van der Waals surface area (Å²) < 4.78 is 32.2. The highest BCUT2D eigenvalue weighted by atomic mass is 16.7. The van der Waals surface area contributed by atoms with Crippen LogP contribution >= 0.6 is 0 Å². The third-order valence-electron chi connectivity index (χ3n) is 13.1. The number of oxime groups is 1. The van der Waals surface area contributed by atoms with E-state index in [0.717, 1.165) is 48.7 Å². The minimum absolute atomic E-state index is 0.0139. The number of nitrogens with zero attached hydrogens (tertiary/aromatic N) is 3. The summed E-state index contributed by atoms with van der Waals surface area (Å²) in [5, 5.41) is 44.2. The Balaban J connectivity index is 1.45. The fraction of sp³-hybridized carbons (Fsp3) is 0.407. The average Bonchev–Trinajstić information content (AvgIpc) is 3.37. The maximum Gasteiger partial charge on any atom is 0.254 e. The third kappa shape index (κ3) is 11.2. The van der Waals surface area contributed by atoms with Gasteiger partial charge >= 0.3 is 0 Å². The molecule has 0 saturated heterocycles. The van der Waals surface area contributed by atoms with E-state index in [4.69, 9.17) is 33.7 Å². The first kappa shape index (κ1) is 49.6. The summed E-state index contributed by atoms with van der Waals surface area (Å²) in [5.41, 5.74) is 4.33. The van der Waals surface area contributed by atoms with Crippen molar-refractivity contribution in [3.05, 3.63) is 143 Å². The van der Waals surface area contributed by atoms with Gasteiger partial charge < -0.3 is 48.7 Å². The van der Waals surface area contributed by atoms with Gasteiger partial charge in [-0.05, 0) is 109 Å². The molecule has 1 fully saturated rings. The van der Waals surface area contributed by atoms with Gasteiger partial charge in [-0.15, -0.1) is 6.58 Å². The van der Waals surface area contributed by atoms with Crippen molar-refractivity contribution in [2.75, 3.05) is 53.3 Å². The molecule has 2 aliphatic carbocycles. The van der Waals surface area contributed by atoms with Gasteiger partial charge in [0.15, 0.2) is 6.29 Å². The van der Waals surface area contributed by atoms with Crippen molar-refractivity contribution in [1.82, 2.24) is 4.90 Å². The van der Waals surface area contributed by atoms with E-state index in [1.165, 1.54) is 7.11 Å². The van der Waals surface area contributed by atoms with Crippen molar-refractivity contribution >= 4 is 17.9 Å². The fourth-order valence-electron chi connectivity index (χ4n) is 10.1. The number of methoxy groups -OCH3 is 1. The second-order valence-corrected chi connectivity index (χ2v) is 17.2. The molecule has 7 rings (SSSR count). The van der Waals surface area contributed by atoms with E-state index >= 15 is 4.79 Å². The van der Waals surface area contributed by atoms with E-state index in [-0.39, 0.29) is 82.9 Å². The van der Waals surface area contributed by atoms with Crippen LogP contribution in [0, 0.1) is 29.1 Å². The summed E-state index contributed by atoms with van der Waals surface area (Å²) in [6.07, 6.45) is 9.00. The largest absolute Gasteiger partial charge is 0.496 e. The molecule has 68 heavy (non-hydrogen) atoms. The van der Waals surface area contributed by atoms with Crippen LogP contribution in [0.25, 0.3) is 0 Å². The number of aldehydes is 1. The predicted octanol–water partition coefficient (Wildman–Crippen LogP) is 8.16. The molecule has 1 saturated carbocycles. The number of amides is 1. The van der Waals surface area contributed by atoms with Crippen LogP contribution in [0.15, 0.2) is 120 Å². The molecule has 0 radical (unpaired) electrons. The minimum Gasteiger partial charge on any atom is -0.496 e. The number of rotatable bonds is 25. The molecule has 4 aromatic carbocycles. The monoisotopic (exact) mass is 927 g/mol. The van der Waals surface area contributed by atoms with Gasteiger partial charge in [-0.1, -0.05) is 60.5 Å². The zero-order valence-corrected chi connectivity index (χ0v) is 38.5. The summed E-state index contributed by atoms with van der Waals surface area (Å²) in [6.45, 7) is 4.40. The Labute approximate surface area is 398 Å². The van der Waals surface area contributed by atoms with Crippen molar-refractivity contribution in [2.45, 2.75) is 69.3 Å². The average molecular weight is 928 g/mol. The van der Waals surface area contributed by atoms with Gasteiger partial charge in [-0.3, -0.25) is 9.59 Å². The molecule has 1 amide bonds. The Bertz CT molecular complexity index is 2430. The van der Waals surface area contributed by atoms with Gasteiger partial charge in [-0.25, -0.2) is 0 Å². The van der Waals surface area contributed by atoms with Crippen LogP contribution in [-0.2, 0) is 20.9 Å². The molecule has 3 aliphatic rings. The highest BCUT2D eigenvalue weighted by Gasteiger charge is 2.65. The Morgan fingerprint density at radius 3 is 2.40 bits per heavy atom. The van der Waals surface area contributed by atoms with Crippen LogP contribution in [-0.4, -0.2) is 103 Å². The zero-order chi connectivity index (χ0) is 47.9. The maximum absolute atomic E-state index is 15.2. The number of hydrogen-bond donors (Lipinski definition) is 3. The number of aliphatic hydroxyl groups is 3. The highest BCUT2D eigenvalue weighted by Crippen LogP contribution is 2.62. The van der Waals surface area contributed by atoms with E-state index in [1.807, 2.05) is 42.5 Å². The molecule has 3 N–H and O–H groups in total. The number of benzene rings is 4. The van der Waals surface area contributed by atoms with Crippen molar-refractivity contribution in [2.24, 2.45) is 22.9 Å². The molecule has 0 unspecified atom stereocenters. The SMILES string of the molecule is C=CCO[C@@]12Oc3ccc(Oc4ccc(OC)c(C=O)c4)cc3[C@H]3[C@H](CCCCO)[C@@H](CCCCO)C=C(C(=NOCc4ccccc4)C[C@@H]1N(CCOCCO)C(=O)c1ccc(C#N)cc1)[C@H]32. The number of allylic oxidation sites excluding steroid dienone is 1. The topological polar surface area (TPSA) is 190 Å². The van der Waals surface area contributed by atoms with Crippen LogP contribution in [0.1, 0.15) is 88.3 Å². The fourth-order valence-corrected chi connectivity index (χ4v) is 10.1. The number of hydrogen-bond acceptors (Lipinski definition) is 13. The summed E-state index contributed by atoms with van der Waals surface area (Å²) in [6, 6.07) is 28.1. The number of carbonyl (C=O) groups is 2. The van der Waals surface area contributed by atoms with Crippen LogP contribution < -0.4 is 14.2 Å². The Kier molecular flexibility index (Phi) is 17.6. The van der Waals surface area contributed by atoms with Crippen LogP contribution in [0.2, 0.25) is 0 Å². The van der Waals surface area contributed by atoms with E-state index in [9.17, 15) is 25.4 Å². The molecule has 1 heterocycles. The smallest absolute Gasteiger partial charge is 0.254 e. The van der Waals surface area contributed by atoms with E-state index in [2.05, 4.69) is 18.7 Å². The lowest BCUT2D eigenvalue weighted by atomic mass is 9.55. The molecule has 0 aromatic heterocycles. The number of ether oxygens (including phenoxy) is 5. The molecule has 14 nitrogen and oxygen atoms in total. The molecular formula is C54H61N3O11. The van der Waals surface area contributed by atoms with E-state index in [0.29, 0.717) is 58.2 Å². The number of fused-ring (bicyclic) bond motifs is 2. The summed E-state index contributed by atoms with van der Waals surface area (Å²) in [4.78, 5) is 35.1. The van der Waals surface area contributed by atoms with Crippen molar-refractivity contribution < 1.29 is 53.4 Å². The van der Waals surface area contributed by atoms with Gasteiger partial charge in [0.2, 0.25) is 5.79 Å². The first-order chi connectivity index (χ1) is 33.3. The van der Waals surface area contributed by atoms with Crippen LogP contribution in [0.3, 0.4) is 0 Å². The predicted molar refractivity (Wildman–Crippen MR) is 255 cm³/mol. The first-order valence-electron chi connectivity index (χ1n) is 23.4. The molecule has 6 atom stereocenters. The second kappa shape index (κ2) is 24.1. The van der Waals surface area contributed by atoms with Crippen molar-refractivity contribution in [1.29, 1.82) is 5.26 Å². The molecule has 0 bridgehead atoms. The van der Waals surface area contributed by atoms with Gasteiger partial charge in [-0.2, -0.15) is 5.26 Å². The quantitative estimate of drug-likeness (QED) is 0.0251. The first-order valence-corrected chi connectivity index (χ1v) is 23.4. The van der Waals surface area contributed by atoms with Gasteiger partial charge in [0, 0.05) is 43.2 Å². The second-order valence-electron chi connectivity index (χ2n) is 17.2. The molecule has 358 valence electrons.